The highest BCUT2D eigenvalue weighted by Gasteiger charge is 2.28. The molecule has 186 valence electrons. The number of rotatable bonds is 6. The van der Waals surface area contributed by atoms with Crippen LogP contribution in [-0.2, 0) is 0 Å². The highest BCUT2D eigenvalue weighted by atomic mass is 19.1. The van der Waals surface area contributed by atoms with Crippen LogP contribution < -0.4 is 15.8 Å². The maximum absolute atomic E-state index is 15.1. The minimum atomic E-state index is -1.33. The van der Waals surface area contributed by atoms with Gasteiger partial charge < -0.3 is 19.5 Å². The van der Waals surface area contributed by atoms with Gasteiger partial charge in [-0.2, -0.15) is 5.10 Å². The normalized spacial score (nSPS) is 16.1. The van der Waals surface area contributed by atoms with Crippen LogP contribution in [-0.4, -0.2) is 59.0 Å². The van der Waals surface area contributed by atoms with E-state index in [1.165, 1.54) is 30.7 Å². The van der Waals surface area contributed by atoms with Crippen molar-refractivity contribution in [2.45, 2.75) is 18.9 Å². The van der Waals surface area contributed by atoms with Gasteiger partial charge in [-0.3, -0.25) is 9.59 Å². The van der Waals surface area contributed by atoms with E-state index in [4.69, 9.17) is 0 Å². The zero-order chi connectivity index (χ0) is 25.4. The number of hydrogen-bond acceptors (Lipinski definition) is 5. The lowest BCUT2D eigenvalue weighted by Crippen LogP contribution is -2.46. The first-order valence-electron chi connectivity index (χ1n) is 11.5. The molecule has 2 fully saturated rings. The van der Waals surface area contributed by atoms with Crippen molar-refractivity contribution in [3.63, 3.8) is 0 Å². The predicted octanol–water partition coefficient (Wildman–Crippen LogP) is 2.81. The Morgan fingerprint density at radius 2 is 1.83 bits per heavy atom. The first kappa shape index (κ1) is 23.5. The number of nitrogens with zero attached hydrogens (tertiary/aromatic N) is 4. The molecule has 1 amide bonds. The molecular formula is C25H23F2N5O4. The Kier molecular flexibility index (Phi) is 6.13. The number of anilines is 1. The SMILES string of the molecule is O=C(N/N=C/N1CCN(c2cc3c(cc2F)c(=O)c(C(=O)O)cn3C2CC2)CC1)c1cccc(F)c1. The highest BCUT2D eigenvalue weighted by Crippen LogP contribution is 2.38. The molecule has 0 bridgehead atoms. The van der Waals surface area contributed by atoms with Crippen LogP contribution in [0.3, 0.4) is 0 Å². The zero-order valence-corrected chi connectivity index (χ0v) is 19.2. The van der Waals surface area contributed by atoms with Crippen LogP contribution in [0, 0.1) is 11.6 Å². The second-order valence-electron chi connectivity index (χ2n) is 8.86. The van der Waals surface area contributed by atoms with Gasteiger partial charge in [-0.05, 0) is 43.2 Å². The lowest BCUT2D eigenvalue weighted by Gasteiger charge is -2.35. The number of hydrazone groups is 1. The Morgan fingerprint density at radius 3 is 2.50 bits per heavy atom. The number of carboxylic acid groups (broad SMARTS) is 1. The molecule has 1 aromatic heterocycles. The van der Waals surface area contributed by atoms with E-state index in [0.717, 1.165) is 25.0 Å². The number of carbonyl (C=O) groups excluding carboxylic acids is 1. The number of carbonyl (C=O) groups is 2. The van der Waals surface area contributed by atoms with Gasteiger partial charge in [0.2, 0.25) is 5.43 Å². The third-order valence-corrected chi connectivity index (χ3v) is 6.40. The van der Waals surface area contributed by atoms with Gasteiger partial charge in [0.05, 0.1) is 11.2 Å². The molecule has 2 aromatic carbocycles. The van der Waals surface area contributed by atoms with Crippen molar-refractivity contribution in [3.05, 3.63) is 75.6 Å². The summed E-state index contributed by atoms with van der Waals surface area (Å²) in [4.78, 5) is 40.0. The lowest BCUT2D eigenvalue weighted by atomic mass is 10.1. The molecule has 2 N–H and O–H groups in total. The number of aromatic carboxylic acids is 1. The zero-order valence-electron chi connectivity index (χ0n) is 19.2. The molecular weight excluding hydrogens is 472 g/mol. The molecule has 11 heteroatoms. The van der Waals surface area contributed by atoms with E-state index in [9.17, 15) is 23.9 Å². The van der Waals surface area contributed by atoms with Crippen LogP contribution in [0.15, 0.2) is 52.5 Å². The predicted molar refractivity (Wildman–Crippen MR) is 130 cm³/mol. The number of nitrogens with one attached hydrogen (secondary N) is 1. The second kappa shape index (κ2) is 9.40. The lowest BCUT2D eigenvalue weighted by molar-refractivity contribution is 0.0694. The molecule has 5 rings (SSSR count). The van der Waals surface area contributed by atoms with Crippen molar-refractivity contribution >= 4 is 34.8 Å². The summed E-state index contributed by atoms with van der Waals surface area (Å²) in [6.45, 7) is 1.94. The van der Waals surface area contributed by atoms with Crippen molar-refractivity contribution in [1.29, 1.82) is 0 Å². The Balaban J connectivity index is 1.30. The summed E-state index contributed by atoms with van der Waals surface area (Å²) in [6, 6.07) is 8.14. The van der Waals surface area contributed by atoms with Gasteiger partial charge in [0.15, 0.2) is 0 Å². The third-order valence-electron chi connectivity index (χ3n) is 6.40. The smallest absolute Gasteiger partial charge is 0.341 e. The fraction of sp³-hybridized carbons (Fsp3) is 0.280. The number of piperazine rings is 1. The number of hydrogen-bond donors (Lipinski definition) is 2. The largest absolute Gasteiger partial charge is 0.477 e. The summed E-state index contributed by atoms with van der Waals surface area (Å²) in [7, 11) is 0. The van der Waals surface area contributed by atoms with Crippen LogP contribution >= 0.6 is 0 Å². The van der Waals surface area contributed by atoms with Crippen LogP contribution in [0.2, 0.25) is 0 Å². The number of fused-ring (bicyclic) bond motifs is 1. The van der Waals surface area contributed by atoms with E-state index in [-0.39, 0.29) is 22.6 Å². The van der Waals surface area contributed by atoms with Crippen molar-refractivity contribution in [1.82, 2.24) is 14.9 Å². The maximum Gasteiger partial charge on any atom is 0.341 e. The maximum atomic E-state index is 15.1. The minimum absolute atomic E-state index is 0.0582. The van der Waals surface area contributed by atoms with Gasteiger partial charge in [0.1, 0.15) is 23.5 Å². The van der Waals surface area contributed by atoms with E-state index >= 15 is 4.39 Å². The molecule has 2 aliphatic rings. The van der Waals surface area contributed by atoms with Crippen LogP contribution in [0.4, 0.5) is 14.5 Å². The Hall–Kier alpha value is -4.28. The van der Waals surface area contributed by atoms with Gasteiger partial charge in [0, 0.05) is 49.4 Å². The molecule has 36 heavy (non-hydrogen) atoms. The number of amides is 1. The van der Waals surface area contributed by atoms with E-state index in [1.54, 1.807) is 10.6 Å². The number of pyridine rings is 1. The fourth-order valence-corrected chi connectivity index (χ4v) is 4.35. The minimum Gasteiger partial charge on any atom is -0.477 e. The molecule has 0 atom stereocenters. The van der Waals surface area contributed by atoms with Crippen LogP contribution in [0.1, 0.15) is 39.6 Å². The van der Waals surface area contributed by atoms with Gasteiger partial charge in [-0.25, -0.2) is 19.0 Å². The van der Waals surface area contributed by atoms with Gasteiger partial charge in [-0.15, -0.1) is 0 Å². The van der Waals surface area contributed by atoms with Crippen LogP contribution in [0.5, 0.6) is 0 Å². The van der Waals surface area contributed by atoms with Gasteiger partial charge >= 0.3 is 5.97 Å². The molecule has 1 aliphatic carbocycles. The summed E-state index contributed by atoms with van der Waals surface area (Å²) in [5, 5.41) is 13.4. The van der Waals surface area contributed by atoms with E-state index in [0.29, 0.717) is 37.4 Å². The summed E-state index contributed by atoms with van der Waals surface area (Å²) < 4.78 is 30.1. The Labute approximate surface area is 204 Å². The van der Waals surface area contributed by atoms with Gasteiger partial charge in [0.25, 0.3) is 5.91 Å². The standard InChI is InChI=1S/C25H23F2N5O4/c26-16-3-1-2-15(10-16)24(34)29-28-14-30-6-8-31(9-7-30)22-12-21-18(11-20(22)27)23(33)19(25(35)36)13-32(21)17-4-5-17/h1-3,10-14,17H,4-9H2,(H,29,34)(H,35,36)/b28-14+. The average Bonchev–Trinajstić information content (AvgIpc) is 3.70. The molecule has 2 heterocycles. The number of aromatic nitrogens is 1. The third kappa shape index (κ3) is 4.64. The Morgan fingerprint density at radius 1 is 1.08 bits per heavy atom. The summed E-state index contributed by atoms with van der Waals surface area (Å²) in [5.74, 6) is -2.96. The van der Waals surface area contributed by atoms with E-state index < -0.39 is 28.9 Å². The van der Waals surface area contributed by atoms with E-state index in [2.05, 4.69) is 10.5 Å². The van der Waals surface area contributed by atoms with Crippen molar-refractivity contribution in [3.8, 4) is 0 Å². The first-order valence-corrected chi connectivity index (χ1v) is 11.5. The average molecular weight is 495 g/mol. The van der Waals surface area contributed by atoms with Gasteiger partial charge in [-0.1, -0.05) is 6.07 Å². The van der Waals surface area contributed by atoms with Crippen molar-refractivity contribution < 1.29 is 23.5 Å². The summed E-state index contributed by atoms with van der Waals surface area (Å²) in [5.41, 5.74) is 2.33. The number of benzene rings is 2. The van der Waals surface area contributed by atoms with E-state index in [1.807, 2.05) is 9.80 Å². The molecule has 0 spiro atoms. The molecule has 0 unspecified atom stereocenters. The Bertz CT molecular complexity index is 1440. The quantitative estimate of drug-likeness (QED) is 0.310. The molecule has 3 aromatic rings. The highest BCUT2D eigenvalue weighted by molar-refractivity contribution is 5.94. The number of halogens is 2. The monoisotopic (exact) mass is 495 g/mol. The second-order valence-corrected chi connectivity index (χ2v) is 8.86. The molecule has 0 radical (unpaired) electrons. The van der Waals surface area contributed by atoms with Crippen molar-refractivity contribution in [2.24, 2.45) is 5.10 Å². The molecule has 1 aliphatic heterocycles. The first-order chi connectivity index (χ1) is 17.3. The molecule has 1 saturated carbocycles. The van der Waals surface area contributed by atoms with Crippen molar-refractivity contribution in [2.75, 3.05) is 31.1 Å². The summed E-state index contributed by atoms with van der Waals surface area (Å²) in [6.07, 6.45) is 4.58. The molecule has 1 saturated heterocycles. The van der Waals surface area contributed by atoms with Crippen LogP contribution in [0.25, 0.3) is 10.9 Å². The topological polar surface area (TPSA) is 107 Å². The summed E-state index contributed by atoms with van der Waals surface area (Å²) >= 11 is 0. The number of carboxylic acids is 1. The molecule has 9 nitrogen and oxygen atoms in total. The fourth-order valence-electron chi connectivity index (χ4n) is 4.35.